The van der Waals surface area contributed by atoms with Crippen LogP contribution in [-0.4, -0.2) is 35.0 Å². The monoisotopic (exact) mass is 470 g/mol. The maximum Gasteiger partial charge on any atom is 0.265 e. The van der Waals surface area contributed by atoms with Crippen LogP contribution in [0.25, 0.3) is 22.4 Å². The average Bonchev–Trinajstić information content (AvgIpc) is 3.55. The van der Waals surface area contributed by atoms with E-state index < -0.39 is 0 Å². The highest BCUT2D eigenvalue weighted by atomic mass is 32.1. The molecular formula is C26H22N4O3S. The topological polar surface area (TPSA) is 96.1 Å². The zero-order valence-electron chi connectivity index (χ0n) is 18.4. The van der Waals surface area contributed by atoms with Crippen LogP contribution in [0.15, 0.2) is 83.8 Å². The van der Waals surface area contributed by atoms with Crippen molar-refractivity contribution in [1.29, 1.82) is 0 Å². The normalized spacial score (nSPS) is 15.2. The van der Waals surface area contributed by atoms with Crippen molar-refractivity contribution in [2.45, 2.75) is 12.5 Å². The Morgan fingerprint density at radius 3 is 2.56 bits per heavy atom. The van der Waals surface area contributed by atoms with Gasteiger partial charge in [0.25, 0.3) is 11.8 Å². The number of H-pyrrole nitrogens is 1. The summed E-state index contributed by atoms with van der Waals surface area (Å²) in [7, 11) is 1.65. The summed E-state index contributed by atoms with van der Waals surface area (Å²) in [4.78, 5) is 33.4. The molecule has 1 unspecified atom stereocenters. The summed E-state index contributed by atoms with van der Waals surface area (Å²) in [5.41, 5.74) is 4.53. The first kappa shape index (κ1) is 21.8. The largest absolute Gasteiger partial charge is 0.377 e. The molecule has 0 saturated heterocycles. The molecule has 2 aromatic heterocycles. The number of aromatic amines is 1. The number of aromatic nitrogens is 2. The van der Waals surface area contributed by atoms with Crippen molar-refractivity contribution < 1.29 is 14.3 Å². The smallest absolute Gasteiger partial charge is 0.265 e. The lowest BCUT2D eigenvalue weighted by atomic mass is 10.0. The van der Waals surface area contributed by atoms with Crippen LogP contribution in [0.2, 0.25) is 0 Å². The molecule has 0 aliphatic heterocycles. The maximum absolute atomic E-state index is 12.5. The fraction of sp³-hybridized carbons (Fsp3) is 0.115. The number of anilines is 2. The van der Waals surface area contributed by atoms with Crippen LogP contribution in [0.4, 0.5) is 11.4 Å². The number of ether oxygens (including phenoxy) is 1. The van der Waals surface area contributed by atoms with Crippen molar-refractivity contribution in [2.24, 2.45) is 0 Å². The summed E-state index contributed by atoms with van der Waals surface area (Å²) >= 11 is 1.40. The van der Waals surface area contributed by atoms with E-state index in [0.29, 0.717) is 34.1 Å². The molecule has 0 radical (unpaired) electrons. The van der Waals surface area contributed by atoms with Gasteiger partial charge in [0.2, 0.25) is 0 Å². The second-order valence-electron chi connectivity index (χ2n) is 7.81. The van der Waals surface area contributed by atoms with E-state index in [-0.39, 0.29) is 17.9 Å². The number of fused-ring (bicyclic) bond motifs is 1. The molecule has 0 bridgehead atoms. The average molecular weight is 471 g/mol. The van der Waals surface area contributed by atoms with E-state index in [9.17, 15) is 9.59 Å². The minimum absolute atomic E-state index is 0.0213. The van der Waals surface area contributed by atoms with Gasteiger partial charge in [-0.3, -0.25) is 9.59 Å². The fourth-order valence-corrected chi connectivity index (χ4v) is 4.30. The number of carbonyl (C=O) groups is 2. The molecule has 1 aliphatic carbocycles. The molecule has 2 amide bonds. The number of benzene rings is 2. The van der Waals surface area contributed by atoms with Crippen molar-refractivity contribution in [3.05, 3.63) is 88.7 Å². The third-order valence-corrected chi connectivity index (χ3v) is 6.39. The molecule has 8 heteroatoms. The molecule has 0 fully saturated rings. The quantitative estimate of drug-likeness (QED) is 0.352. The Hall–Kier alpha value is -4.01. The van der Waals surface area contributed by atoms with Gasteiger partial charge in [0.1, 0.15) is 5.82 Å². The second-order valence-corrected chi connectivity index (χ2v) is 8.76. The molecule has 1 aliphatic rings. The van der Waals surface area contributed by atoms with Gasteiger partial charge in [0, 0.05) is 29.6 Å². The third kappa shape index (κ3) is 4.68. The summed E-state index contributed by atoms with van der Waals surface area (Å²) in [5.74, 6) is 0.419. The molecule has 170 valence electrons. The Kier molecular flexibility index (Phi) is 6.07. The number of rotatable bonds is 6. The van der Waals surface area contributed by atoms with Crippen LogP contribution in [0, 0.1) is 0 Å². The first-order valence-electron chi connectivity index (χ1n) is 10.8. The lowest BCUT2D eigenvalue weighted by Gasteiger charge is -2.14. The first-order chi connectivity index (χ1) is 16.6. The number of carbonyl (C=O) groups excluding carboxylic acids is 2. The lowest BCUT2D eigenvalue weighted by Crippen LogP contribution is -2.17. The maximum atomic E-state index is 12.5. The molecular weight excluding hydrogens is 448 g/mol. The Bertz CT molecular complexity index is 1400. The van der Waals surface area contributed by atoms with Crippen molar-refractivity contribution >= 4 is 45.6 Å². The zero-order valence-corrected chi connectivity index (χ0v) is 19.2. The standard InChI is InChI=1S/C26H22N4O3S/c1-33-20-11-6-17(7-12-20)25(31)27-18-8-4-16(5-9-18)24-29-21-13-10-19(15-22(21)30-24)28-26(32)23-3-2-14-34-23/h2-11,13-15,20H,12H2,1H3,(H,27,31)(H,28,32)(H,29,30). The third-order valence-electron chi connectivity index (χ3n) is 5.53. The molecule has 7 nitrogen and oxygen atoms in total. The number of nitrogens with zero attached hydrogens (tertiary/aromatic N) is 1. The van der Waals surface area contributed by atoms with Crippen LogP contribution < -0.4 is 10.6 Å². The molecule has 34 heavy (non-hydrogen) atoms. The lowest BCUT2D eigenvalue weighted by molar-refractivity contribution is -0.112. The number of methoxy groups -OCH3 is 1. The summed E-state index contributed by atoms with van der Waals surface area (Å²) in [6.07, 6.45) is 6.25. The predicted octanol–water partition coefficient (Wildman–Crippen LogP) is 5.38. The zero-order chi connectivity index (χ0) is 23.5. The van der Waals surface area contributed by atoms with Crippen molar-refractivity contribution in [3.63, 3.8) is 0 Å². The highest BCUT2D eigenvalue weighted by Crippen LogP contribution is 2.25. The first-order valence-corrected chi connectivity index (χ1v) is 11.6. The summed E-state index contributed by atoms with van der Waals surface area (Å²) in [6, 6.07) is 16.7. The number of hydrogen-bond acceptors (Lipinski definition) is 5. The van der Waals surface area contributed by atoms with Gasteiger partial charge in [-0.1, -0.05) is 24.3 Å². The van der Waals surface area contributed by atoms with Crippen LogP contribution in [0.1, 0.15) is 16.1 Å². The molecule has 4 aromatic rings. The number of imidazole rings is 1. The molecule has 0 spiro atoms. The van der Waals surface area contributed by atoms with Crippen molar-refractivity contribution in [3.8, 4) is 11.4 Å². The highest BCUT2D eigenvalue weighted by Gasteiger charge is 2.14. The second kappa shape index (κ2) is 9.46. The van der Waals surface area contributed by atoms with Crippen molar-refractivity contribution in [1.82, 2.24) is 9.97 Å². The van der Waals surface area contributed by atoms with E-state index in [1.165, 1.54) is 11.3 Å². The number of nitrogens with one attached hydrogen (secondary N) is 3. The van der Waals surface area contributed by atoms with Crippen molar-refractivity contribution in [2.75, 3.05) is 17.7 Å². The Labute approximate surface area is 200 Å². The van der Waals surface area contributed by atoms with Gasteiger partial charge in [-0.05, 0) is 60.3 Å². The Balaban J connectivity index is 1.27. The molecule has 1 atom stereocenters. The van der Waals surface area contributed by atoms with Gasteiger partial charge >= 0.3 is 0 Å². The summed E-state index contributed by atoms with van der Waals surface area (Å²) < 4.78 is 5.26. The van der Waals surface area contributed by atoms with Crippen LogP contribution in [0.5, 0.6) is 0 Å². The van der Waals surface area contributed by atoms with Gasteiger partial charge < -0.3 is 20.4 Å². The van der Waals surface area contributed by atoms with Gasteiger partial charge in [-0.15, -0.1) is 11.3 Å². The molecule has 0 saturated carbocycles. The van der Waals surface area contributed by atoms with Gasteiger partial charge in [0.05, 0.1) is 22.0 Å². The SMILES string of the molecule is COC1C=CC(C(=O)Nc2ccc(-c3nc4ccc(NC(=O)c5cccs5)cc4[nH]3)cc2)=CC1. The van der Waals surface area contributed by atoms with Gasteiger partial charge in [0.15, 0.2) is 0 Å². The van der Waals surface area contributed by atoms with Crippen LogP contribution in [0.3, 0.4) is 0 Å². The minimum Gasteiger partial charge on any atom is -0.377 e. The van der Waals surface area contributed by atoms with Gasteiger partial charge in [-0.25, -0.2) is 4.98 Å². The Morgan fingerprint density at radius 2 is 1.85 bits per heavy atom. The number of thiophene rings is 1. The summed E-state index contributed by atoms with van der Waals surface area (Å²) in [6.45, 7) is 0. The van der Waals surface area contributed by atoms with Crippen LogP contribution in [-0.2, 0) is 9.53 Å². The number of hydrogen-bond donors (Lipinski definition) is 3. The molecule has 2 aromatic carbocycles. The number of amides is 2. The van der Waals surface area contributed by atoms with E-state index in [0.717, 1.165) is 16.6 Å². The van der Waals surface area contributed by atoms with E-state index in [4.69, 9.17) is 4.74 Å². The van der Waals surface area contributed by atoms with Gasteiger partial charge in [-0.2, -0.15) is 0 Å². The molecule has 3 N–H and O–H groups in total. The van der Waals surface area contributed by atoms with E-state index >= 15 is 0 Å². The van der Waals surface area contributed by atoms with E-state index in [1.54, 1.807) is 19.3 Å². The molecule has 2 heterocycles. The predicted molar refractivity (Wildman–Crippen MR) is 135 cm³/mol. The minimum atomic E-state index is -0.153. The summed E-state index contributed by atoms with van der Waals surface area (Å²) in [5, 5.41) is 7.70. The van der Waals surface area contributed by atoms with E-state index in [1.807, 2.05) is 66.1 Å². The van der Waals surface area contributed by atoms with E-state index in [2.05, 4.69) is 20.6 Å². The fourth-order valence-electron chi connectivity index (χ4n) is 3.68. The molecule has 5 rings (SSSR count). The Morgan fingerprint density at radius 1 is 1.06 bits per heavy atom. The van der Waals surface area contributed by atoms with Crippen LogP contribution >= 0.6 is 11.3 Å². The highest BCUT2D eigenvalue weighted by molar-refractivity contribution is 7.12.